The highest BCUT2D eigenvalue weighted by molar-refractivity contribution is 5.54. The second kappa shape index (κ2) is 6.36. The fraction of sp³-hybridized carbons (Fsp3) is 0. The van der Waals surface area contributed by atoms with Gasteiger partial charge in [-0.25, -0.2) is 26.3 Å². The molecule has 0 N–H and O–H groups in total. The second-order valence-electron chi connectivity index (χ2n) is 4.31. The van der Waals surface area contributed by atoms with Crippen molar-refractivity contribution >= 4 is 0 Å². The van der Waals surface area contributed by atoms with Crippen molar-refractivity contribution < 1.29 is 39.9 Å². The van der Waals surface area contributed by atoms with Gasteiger partial charge < -0.3 is 4.74 Å². The molecule has 0 bridgehead atoms. The van der Waals surface area contributed by atoms with E-state index in [1.54, 1.807) is 0 Å². The van der Waals surface area contributed by atoms with E-state index in [1.165, 1.54) is 11.8 Å². The summed E-state index contributed by atoms with van der Waals surface area (Å²) in [6.07, 6.45) is 9.64. The summed E-state index contributed by atoms with van der Waals surface area (Å²) in [6.45, 7) is 0. The number of halogens is 8. The largest absolute Gasteiger partial charge is 0.448 e. The van der Waals surface area contributed by atoms with Crippen molar-refractivity contribution in [2.75, 3.05) is 0 Å². The Morgan fingerprint density at radius 3 is 1.04 bits per heavy atom. The van der Waals surface area contributed by atoms with Gasteiger partial charge in [0, 0.05) is 0 Å². The molecule has 0 saturated heterocycles. The maximum absolute atomic E-state index is 13.8. The lowest BCUT2D eigenvalue weighted by atomic mass is 10.1. The topological polar surface area (TPSA) is 9.23 Å². The summed E-state index contributed by atoms with van der Waals surface area (Å²) in [5.74, 6) is -18.4. The van der Waals surface area contributed by atoms with Crippen LogP contribution >= 0.6 is 0 Å². The molecule has 0 spiro atoms. The lowest BCUT2D eigenvalue weighted by Crippen LogP contribution is -2.08. The van der Waals surface area contributed by atoms with Crippen molar-refractivity contribution in [2.24, 2.45) is 0 Å². The molecule has 0 atom stereocenters. The minimum atomic E-state index is -2.39. The van der Waals surface area contributed by atoms with Gasteiger partial charge in [-0.1, -0.05) is 11.8 Å². The molecule has 0 fully saturated rings. The van der Waals surface area contributed by atoms with Gasteiger partial charge in [-0.05, 0) is 0 Å². The molecule has 0 heterocycles. The zero-order valence-electron chi connectivity index (χ0n) is 11.6. The predicted octanol–water partition coefficient (Wildman–Crippen LogP) is 4.55. The van der Waals surface area contributed by atoms with Gasteiger partial charge in [-0.3, -0.25) is 0 Å². The van der Waals surface area contributed by atoms with Gasteiger partial charge in [0.2, 0.25) is 23.3 Å². The summed E-state index contributed by atoms with van der Waals surface area (Å²) in [4.78, 5) is 0. The minimum absolute atomic E-state index is 1.36. The van der Waals surface area contributed by atoms with Crippen LogP contribution < -0.4 is 4.74 Å². The van der Waals surface area contributed by atoms with Crippen LogP contribution in [-0.2, 0) is 0 Å². The van der Waals surface area contributed by atoms with Crippen LogP contribution in [0.25, 0.3) is 0 Å². The molecule has 1 nitrogen and oxygen atoms in total. The summed E-state index contributed by atoms with van der Waals surface area (Å²) >= 11 is 0. The molecule has 2 aromatic carbocycles. The van der Waals surface area contributed by atoms with E-state index in [2.05, 4.69) is 4.74 Å². The zero-order chi connectivity index (χ0) is 19.0. The average molecular weight is 362 g/mol. The first-order chi connectivity index (χ1) is 11.7. The SMILES string of the molecule is C#Cc1c(F)c(F)c(F)c(F)c1Oc1c(F)c(F)c(F)c(F)c1C#C. The Balaban J connectivity index is 2.84. The summed E-state index contributed by atoms with van der Waals surface area (Å²) in [6, 6.07) is 0. The normalized spacial score (nSPS) is 10.3. The van der Waals surface area contributed by atoms with Gasteiger partial charge in [0.15, 0.2) is 34.8 Å². The molecule has 9 heteroatoms. The zero-order valence-corrected chi connectivity index (χ0v) is 11.6. The monoisotopic (exact) mass is 362 g/mol. The van der Waals surface area contributed by atoms with Crippen LogP contribution in [0.3, 0.4) is 0 Å². The van der Waals surface area contributed by atoms with Crippen molar-refractivity contribution in [3.8, 4) is 36.2 Å². The Labute approximate surface area is 134 Å². The quantitative estimate of drug-likeness (QED) is 0.330. The summed E-state index contributed by atoms with van der Waals surface area (Å²) in [7, 11) is 0. The fourth-order valence-corrected chi connectivity index (χ4v) is 1.77. The van der Waals surface area contributed by atoms with Crippen molar-refractivity contribution in [3.63, 3.8) is 0 Å². The molecule has 0 aliphatic rings. The smallest absolute Gasteiger partial charge is 0.205 e. The van der Waals surface area contributed by atoms with E-state index >= 15 is 0 Å². The third kappa shape index (κ3) is 2.64. The maximum Gasteiger partial charge on any atom is 0.205 e. The predicted molar refractivity (Wildman–Crippen MR) is 68.5 cm³/mol. The Morgan fingerprint density at radius 1 is 0.480 bits per heavy atom. The minimum Gasteiger partial charge on any atom is -0.448 e. The summed E-state index contributed by atoms with van der Waals surface area (Å²) in [5.41, 5.74) is -2.71. The molecular weight excluding hydrogens is 360 g/mol. The fourth-order valence-electron chi connectivity index (χ4n) is 1.77. The standard InChI is InChI=1S/C16H2F8O/c1-3-5-7(17)9(19)11(21)13(23)15(5)25-16-6(4-2)8(18)10(20)12(22)14(16)24/h1-2H. The van der Waals surface area contributed by atoms with Gasteiger partial charge in [0.25, 0.3) is 0 Å². The lowest BCUT2D eigenvalue weighted by molar-refractivity contribution is 0.342. The van der Waals surface area contributed by atoms with Crippen LogP contribution in [0, 0.1) is 71.2 Å². The van der Waals surface area contributed by atoms with E-state index < -0.39 is 69.2 Å². The van der Waals surface area contributed by atoms with Crippen LogP contribution in [0.5, 0.6) is 11.5 Å². The van der Waals surface area contributed by atoms with Gasteiger partial charge in [0.1, 0.15) is 11.1 Å². The van der Waals surface area contributed by atoms with E-state index in [1.807, 2.05) is 0 Å². The molecule has 0 unspecified atom stereocenters. The first-order valence-corrected chi connectivity index (χ1v) is 6.00. The average Bonchev–Trinajstić information content (AvgIpc) is 2.60. The highest BCUT2D eigenvalue weighted by atomic mass is 19.2. The molecule has 2 aromatic rings. The second-order valence-corrected chi connectivity index (χ2v) is 4.31. The van der Waals surface area contributed by atoms with Crippen LogP contribution in [0.15, 0.2) is 0 Å². The molecule has 2 rings (SSSR count). The number of rotatable bonds is 2. The van der Waals surface area contributed by atoms with E-state index in [4.69, 9.17) is 12.8 Å². The number of hydrogen-bond acceptors (Lipinski definition) is 1. The first-order valence-electron chi connectivity index (χ1n) is 6.00. The van der Waals surface area contributed by atoms with Gasteiger partial charge in [-0.2, -0.15) is 8.78 Å². The van der Waals surface area contributed by atoms with Crippen molar-refractivity contribution in [1.82, 2.24) is 0 Å². The Bertz CT molecular complexity index is 903. The third-order valence-electron chi connectivity index (χ3n) is 2.94. The number of benzene rings is 2. The van der Waals surface area contributed by atoms with E-state index in [0.717, 1.165) is 0 Å². The molecule has 0 amide bonds. The van der Waals surface area contributed by atoms with Gasteiger partial charge in [-0.15, -0.1) is 12.8 Å². The number of hydrogen-bond donors (Lipinski definition) is 0. The van der Waals surface area contributed by atoms with Crippen molar-refractivity contribution in [3.05, 3.63) is 57.7 Å². The van der Waals surface area contributed by atoms with Crippen molar-refractivity contribution in [2.45, 2.75) is 0 Å². The molecule has 0 saturated carbocycles. The Hall–Kier alpha value is -3.20. The van der Waals surface area contributed by atoms with Gasteiger partial charge in [0.05, 0.1) is 0 Å². The summed E-state index contributed by atoms with van der Waals surface area (Å²) < 4.78 is 112. The summed E-state index contributed by atoms with van der Waals surface area (Å²) in [5, 5.41) is 0. The Morgan fingerprint density at radius 2 is 0.760 bits per heavy atom. The van der Waals surface area contributed by atoms with E-state index in [0.29, 0.717) is 0 Å². The molecule has 0 aliphatic heterocycles. The third-order valence-corrected chi connectivity index (χ3v) is 2.94. The van der Waals surface area contributed by atoms with Crippen LogP contribution in [-0.4, -0.2) is 0 Å². The number of ether oxygens (including phenoxy) is 1. The van der Waals surface area contributed by atoms with Crippen LogP contribution in [0.2, 0.25) is 0 Å². The first kappa shape index (κ1) is 18.1. The lowest BCUT2D eigenvalue weighted by Gasteiger charge is -2.14. The maximum atomic E-state index is 13.8. The van der Waals surface area contributed by atoms with Gasteiger partial charge >= 0.3 is 0 Å². The number of terminal acetylenes is 2. The Kier molecular flexibility index (Phi) is 4.62. The highest BCUT2D eigenvalue weighted by Crippen LogP contribution is 2.38. The van der Waals surface area contributed by atoms with E-state index in [-0.39, 0.29) is 0 Å². The van der Waals surface area contributed by atoms with Crippen LogP contribution in [0.4, 0.5) is 35.1 Å². The molecular formula is C16H2F8O. The van der Waals surface area contributed by atoms with Crippen LogP contribution in [0.1, 0.15) is 11.1 Å². The molecule has 128 valence electrons. The molecule has 25 heavy (non-hydrogen) atoms. The van der Waals surface area contributed by atoms with E-state index in [9.17, 15) is 35.1 Å². The highest BCUT2D eigenvalue weighted by Gasteiger charge is 2.31. The molecule has 0 aromatic heterocycles. The molecule has 0 aliphatic carbocycles. The van der Waals surface area contributed by atoms with Crippen molar-refractivity contribution in [1.29, 1.82) is 0 Å². The molecule has 0 radical (unpaired) electrons.